The maximum Gasteiger partial charge on any atom is 0.230 e. The number of carbonyl (C=O) groups is 1. The molecular formula is C15H23FN2OS. The van der Waals surface area contributed by atoms with Crippen molar-refractivity contribution in [2.75, 3.05) is 11.5 Å². The topological polar surface area (TPSA) is 55.1 Å². The summed E-state index contributed by atoms with van der Waals surface area (Å²) in [7, 11) is 0. The predicted octanol–water partition coefficient (Wildman–Crippen LogP) is 3.44. The number of hydrogen-bond acceptors (Lipinski definition) is 3. The fourth-order valence-corrected chi connectivity index (χ4v) is 2.48. The second kappa shape index (κ2) is 8.15. The Kier molecular flexibility index (Phi) is 6.85. The molecule has 0 aliphatic carbocycles. The van der Waals surface area contributed by atoms with Crippen molar-refractivity contribution in [1.82, 2.24) is 5.32 Å². The Labute approximate surface area is 124 Å². The number of carbonyl (C=O) groups excluding carboxylic acids is 1. The predicted molar refractivity (Wildman–Crippen MR) is 83.2 cm³/mol. The monoisotopic (exact) mass is 298 g/mol. The fourth-order valence-electron chi connectivity index (χ4n) is 1.75. The first-order valence-electron chi connectivity index (χ1n) is 6.85. The van der Waals surface area contributed by atoms with Gasteiger partial charge in [-0.25, -0.2) is 4.39 Å². The number of nitrogens with one attached hydrogen (secondary N) is 1. The second-order valence-corrected chi connectivity index (χ2v) is 6.44. The minimum absolute atomic E-state index is 0.0671. The molecule has 1 aromatic carbocycles. The maximum atomic E-state index is 13.5. The minimum atomic E-state index is -0.379. The van der Waals surface area contributed by atoms with Gasteiger partial charge in [0.05, 0.1) is 5.75 Å². The second-order valence-electron chi connectivity index (χ2n) is 5.42. The third kappa shape index (κ3) is 6.28. The maximum absolute atomic E-state index is 13.5. The van der Waals surface area contributed by atoms with E-state index in [0.29, 0.717) is 16.5 Å². The molecule has 1 amide bonds. The highest BCUT2D eigenvalue weighted by molar-refractivity contribution is 8.00. The van der Waals surface area contributed by atoms with Gasteiger partial charge >= 0.3 is 0 Å². The smallest absolute Gasteiger partial charge is 0.230 e. The number of rotatable bonds is 7. The van der Waals surface area contributed by atoms with Crippen LogP contribution in [0.3, 0.4) is 0 Å². The van der Waals surface area contributed by atoms with Crippen LogP contribution in [0.15, 0.2) is 23.1 Å². The van der Waals surface area contributed by atoms with Gasteiger partial charge in [0.25, 0.3) is 0 Å². The summed E-state index contributed by atoms with van der Waals surface area (Å²) in [6.07, 6.45) is 2.05. The molecule has 112 valence electrons. The van der Waals surface area contributed by atoms with Gasteiger partial charge in [0.1, 0.15) is 5.82 Å². The minimum Gasteiger partial charge on any atom is -0.399 e. The van der Waals surface area contributed by atoms with Gasteiger partial charge < -0.3 is 11.1 Å². The SMILES string of the molecule is CC(C)CCC(C)NC(=O)CSc1ccc(N)cc1F. The summed E-state index contributed by atoms with van der Waals surface area (Å²) in [6, 6.07) is 4.66. The van der Waals surface area contributed by atoms with Gasteiger partial charge in [0, 0.05) is 16.6 Å². The Morgan fingerprint density at radius 3 is 2.65 bits per heavy atom. The van der Waals surface area contributed by atoms with Gasteiger partial charge in [-0.15, -0.1) is 11.8 Å². The van der Waals surface area contributed by atoms with Crippen LogP contribution in [0.1, 0.15) is 33.6 Å². The molecule has 5 heteroatoms. The molecule has 1 aromatic rings. The van der Waals surface area contributed by atoms with Gasteiger partial charge in [-0.2, -0.15) is 0 Å². The van der Waals surface area contributed by atoms with Crippen LogP contribution in [-0.4, -0.2) is 17.7 Å². The van der Waals surface area contributed by atoms with Crippen molar-refractivity contribution in [3.63, 3.8) is 0 Å². The molecule has 0 aromatic heterocycles. The first-order chi connectivity index (χ1) is 9.38. The Morgan fingerprint density at radius 2 is 2.05 bits per heavy atom. The molecule has 0 aliphatic heterocycles. The first-order valence-corrected chi connectivity index (χ1v) is 7.84. The van der Waals surface area contributed by atoms with Crippen molar-refractivity contribution >= 4 is 23.4 Å². The number of nitrogens with two attached hydrogens (primary N) is 1. The molecule has 0 saturated carbocycles. The zero-order valence-electron chi connectivity index (χ0n) is 12.3. The highest BCUT2D eigenvalue weighted by Gasteiger charge is 2.10. The third-order valence-electron chi connectivity index (χ3n) is 2.90. The lowest BCUT2D eigenvalue weighted by molar-refractivity contribution is -0.119. The number of thioether (sulfide) groups is 1. The molecule has 0 spiro atoms. The average molecular weight is 298 g/mol. The Bertz CT molecular complexity index is 451. The first kappa shape index (κ1) is 16.8. The van der Waals surface area contributed by atoms with Crippen LogP contribution in [0.5, 0.6) is 0 Å². The van der Waals surface area contributed by atoms with Crippen LogP contribution in [0.4, 0.5) is 10.1 Å². The van der Waals surface area contributed by atoms with Gasteiger partial charge in [0.2, 0.25) is 5.91 Å². The average Bonchev–Trinajstić information content (AvgIpc) is 2.35. The van der Waals surface area contributed by atoms with E-state index in [1.165, 1.54) is 17.8 Å². The molecule has 3 N–H and O–H groups in total. The summed E-state index contributed by atoms with van der Waals surface area (Å²) in [4.78, 5) is 12.2. The number of amides is 1. The molecule has 1 rings (SSSR count). The summed E-state index contributed by atoms with van der Waals surface area (Å²) in [6.45, 7) is 6.32. The van der Waals surface area contributed by atoms with Gasteiger partial charge in [0.15, 0.2) is 0 Å². The third-order valence-corrected chi connectivity index (χ3v) is 3.95. The fraction of sp³-hybridized carbons (Fsp3) is 0.533. The highest BCUT2D eigenvalue weighted by Crippen LogP contribution is 2.23. The lowest BCUT2D eigenvalue weighted by atomic mass is 10.0. The molecule has 0 heterocycles. The molecule has 0 radical (unpaired) electrons. The Hall–Kier alpha value is -1.23. The Morgan fingerprint density at radius 1 is 1.35 bits per heavy atom. The van der Waals surface area contributed by atoms with Crippen LogP contribution in [0, 0.1) is 11.7 Å². The van der Waals surface area contributed by atoms with Gasteiger partial charge in [-0.1, -0.05) is 13.8 Å². The molecule has 0 saturated heterocycles. The standard InChI is InChI=1S/C15H23FN2OS/c1-10(2)4-5-11(3)18-15(19)9-20-14-7-6-12(17)8-13(14)16/h6-8,10-11H,4-5,9,17H2,1-3H3,(H,18,19). The molecule has 1 unspecified atom stereocenters. The lowest BCUT2D eigenvalue weighted by Crippen LogP contribution is -2.34. The highest BCUT2D eigenvalue weighted by atomic mass is 32.2. The molecule has 0 bridgehead atoms. The molecule has 20 heavy (non-hydrogen) atoms. The zero-order chi connectivity index (χ0) is 15.1. The van der Waals surface area contributed by atoms with Crippen molar-refractivity contribution in [2.24, 2.45) is 5.92 Å². The number of halogens is 1. The van der Waals surface area contributed by atoms with Gasteiger partial charge in [-0.3, -0.25) is 4.79 Å². The molecular weight excluding hydrogens is 275 g/mol. The van der Waals surface area contributed by atoms with Crippen molar-refractivity contribution < 1.29 is 9.18 Å². The van der Waals surface area contributed by atoms with Crippen molar-refractivity contribution in [1.29, 1.82) is 0 Å². The van der Waals surface area contributed by atoms with Crippen LogP contribution in [-0.2, 0) is 4.79 Å². The van der Waals surface area contributed by atoms with Crippen LogP contribution in [0.2, 0.25) is 0 Å². The van der Waals surface area contributed by atoms with E-state index in [9.17, 15) is 9.18 Å². The molecule has 0 aliphatic rings. The van der Waals surface area contributed by atoms with E-state index in [-0.39, 0.29) is 23.5 Å². The lowest BCUT2D eigenvalue weighted by Gasteiger charge is -2.15. The van der Waals surface area contributed by atoms with E-state index in [2.05, 4.69) is 19.2 Å². The van der Waals surface area contributed by atoms with E-state index >= 15 is 0 Å². The number of anilines is 1. The van der Waals surface area contributed by atoms with E-state index in [0.717, 1.165) is 12.8 Å². The van der Waals surface area contributed by atoms with E-state index in [1.54, 1.807) is 12.1 Å². The molecule has 3 nitrogen and oxygen atoms in total. The van der Waals surface area contributed by atoms with Crippen LogP contribution < -0.4 is 11.1 Å². The largest absolute Gasteiger partial charge is 0.399 e. The normalized spacial score (nSPS) is 12.4. The van der Waals surface area contributed by atoms with Crippen molar-refractivity contribution in [3.8, 4) is 0 Å². The summed E-state index contributed by atoms with van der Waals surface area (Å²) in [5, 5.41) is 2.93. The van der Waals surface area contributed by atoms with Crippen molar-refractivity contribution in [2.45, 2.75) is 44.6 Å². The summed E-state index contributed by atoms with van der Waals surface area (Å²) in [5.74, 6) is 0.401. The van der Waals surface area contributed by atoms with Crippen molar-refractivity contribution in [3.05, 3.63) is 24.0 Å². The summed E-state index contributed by atoms with van der Waals surface area (Å²) < 4.78 is 13.5. The zero-order valence-corrected chi connectivity index (χ0v) is 13.1. The Balaban J connectivity index is 2.36. The number of nitrogen functional groups attached to an aromatic ring is 1. The van der Waals surface area contributed by atoms with E-state index in [4.69, 9.17) is 5.73 Å². The number of benzene rings is 1. The molecule has 0 fully saturated rings. The van der Waals surface area contributed by atoms with Crippen LogP contribution in [0.25, 0.3) is 0 Å². The number of hydrogen-bond donors (Lipinski definition) is 2. The van der Waals surface area contributed by atoms with E-state index in [1.807, 2.05) is 6.92 Å². The van der Waals surface area contributed by atoms with Gasteiger partial charge in [-0.05, 0) is 43.9 Å². The van der Waals surface area contributed by atoms with E-state index < -0.39 is 0 Å². The summed E-state index contributed by atoms with van der Waals surface area (Å²) >= 11 is 1.19. The van der Waals surface area contributed by atoms with Crippen LogP contribution >= 0.6 is 11.8 Å². The summed E-state index contributed by atoms with van der Waals surface area (Å²) in [5.41, 5.74) is 5.87. The molecule has 1 atom stereocenters. The quantitative estimate of drug-likeness (QED) is 0.599.